The van der Waals surface area contributed by atoms with Crippen LogP contribution >= 0.6 is 11.8 Å². The van der Waals surface area contributed by atoms with Gasteiger partial charge in [0.05, 0.1) is 4.92 Å². The molecule has 7 nitrogen and oxygen atoms in total. The zero-order valence-electron chi connectivity index (χ0n) is 10.6. The van der Waals surface area contributed by atoms with Crippen molar-refractivity contribution in [1.82, 2.24) is 4.72 Å². The zero-order chi connectivity index (χ0) is 14.8. The van der Waals surface area contributed by atoms with Crippen LogP contribution in [-0.4, -0.2) is 30.9 Å². The number of hydrogen-bond donors (Lipinski definition) is 2. The molecule has 0 bridgehead atoms. The summed E-state index contributed by atoms with van der Waals surface area (Å²) in [5.41, 5.74) is 4.79. The summed E-state index contributed by atoms with van der Waals surface area (Å²) < 4.78 is 27.1. The third-order valence-corrected chi connectivity index (χ3v) is 5.75. The van der Waals surface area contributed by atoms with E-state index in [0.717, 1.165) is 18.6 Å². The molecule has 1 aromatic rings. The zero-order valence-corrected chi connectivity index (χ0v) is 12.2. The van der Waals surface area contributed by atoms with Gasteiger partial charge in [-0.05, 0) is 30.7 Å². The van der Waals surface area contributed by atoms with Gasteiger partial charge in [-0.25, -0.2) is 13.1 Å². The van der Waals surface area contributed by atoms with Crippen LogP contribution in [0, 0.1) is 10.1 Å². The molecular weight excluding hydrogens is 302 g/mol. The van der Waals surface area contributed by atoms with Gasteiger partial charge in [0.15, 0.2) is 4.90 Å². The van der Waals surface area contributed by atoms with E-state index in [0.29, 0.717) is 5.75 Å². The van der Waals surface area contributed by atoms with Crippen molar-refractivity contribution >= 4 is 33.2 Å². The van der Waals surface area contributed by atoms with E-state index in [9.17, 15) is 18.5 Å². The molecule has 1 saturated heterocycles. The maximum Gasteiger partial charge on any atom is 0.312 e. The highest BCUT2D eigenvalue weighted by Crippen LogP contribution is 2.30. The Morgan fingerprint density at radius 3 is 2.80 bits per heavy atom. The third-order valence-electron chi connectivity index (χ3n) is 2.98. The van der Waals surface area contributed by atoms with Crippen LogP contribution < -0.4 is 10.5 Å². The normalized spacial score (nSPS) is 19.7. The van der Waals surface area contributed by atoms with Gasteiger partial charge >= 0.3 is 5.69 Å². The molecule has 0 aliphatic carbocycles. The van der Waals surface area contributed by atoms with Crippen molar-refractivity contribution in [2.45, 2.75) is 23.8 Å². The summed E-state index contributed by atoms with van der Waals surface area (Å²) in [6.07, 6.45) is 1.67. The second-order valence-corrected chi connectivity index (χ2v) is 7.32. The minimum Gasteiger partial charge on any atom is -0.393 e. The van der Waals surface area contributed by atoms with E-state index in [2.05, 4.69) is 4.72 Å². The Hall–Kier alpha value is -1.32. The fourth-order valence-electron chi connectivity index (χ4n) is 2.07. The average molecular weight is 317 g/mol. The number of sulfonamides is 1. The number of rotatable bonds is 4. The van der Waals surface area contributed by atoms with Gasteiger partial charge in [-0.3, -0.25) is 10.1 Å². The van der Waals surface area contributed by atoms with Crippen LogP contribution in [0.15, 0.2) is 23.1 Å². The summed E-state index contributed by atoms with van der Waals surface area (Å²) in [7, 11) is -3.94. The number of nitro groups is 1. The molecule has 0 saturated carbocycles. The van der Waals surface area contributed by atoms with Crippen LogP contribution in [0.5, 0.6) is 0 Å². The molecule has 1 heterocycles. The molecule has 2 rings (SSSR count). The molecule has 0 aromatic heterocycles. The van der Waals surface area contributed by atoms with Gasteiger partial charge in [0.2, 0.25) is 10.0 Å². The van der Waals surface area contributed by atoms with E-state index in [1.165, 1.54) is 18.2 Å². The topological polar surface area (TPSA) is 115 Å². The van der Waals surface area contributed by atoms with E-state index >= 15 is 0 Å². The number of anilines is 1. The van der Waals surface area contributed by atoms with E-state index in [-0.39, 0.29) is 16.6 Å². The molecule has 1 aliphatic heterocycles. The molecule has 9 heteroatoms. The van der Waals surface area contributed by atoms with Gasteiger partial charge in [-0.2, -0.15) is 11.8 Å². The summed E-state index contributed by atoms with van der Waals surface area (Å²) >= 11 is 1.67. The van der Waals surface area contributed by atoms with Crippen LogP contribution in [0.25, 0.3) is 0 Å². The van der Waals surface area contributed by atoms with Crippen LogP contribution in [0.1, 0.15) is 12.8 Å². The number of benzene rings is 1. The Kier molecular flexibility index (Phi) is 4.51. The number of hydrogen-bond acceptors (Lipinski definition) is 6. The number of nitrogens with one attached hydrogen (secondary N) is 1. The van der Waals surface area contributed by atoms with Crippen molar-refractivity contribution in [1.29, 1.82) is 0 Å². The standard InChI is InChI=1S/C11H15N3O4S2/c12-9-4-1-5-10(11(9)14(15)16)20(17,18)13-8-3-2-6-19-7-8/h1,4-5,8,13H,2-3,6-7,12H2. The van der Waals surface area contributed by atoms with Gasteiger partial charge in [-0.1, -0.05) is 6.07 Å². The highest BCUT2D eigenvalue weighted by atomic mass is 32.2. The Morgan fingerprint density at radius 2 is 2.20 bits per heavy atom. The molecule has 3 N–H and O–H groups in total. The summed E-state index contributed by atoms with van der Waals surface area (Å²) in [5, 5.41) is 11.0. The lowest BCUT2D eigenvalue weighted by Crippen LogP contribution is -2.38. The van der Waals surface area contributed by atoms with Gasteiger partial charge in [0.25, 0.3) is 0 Å². The number of thioether (sulfide) groups is 1. The third kappa shape index (κ3) is 3.22. The minimum atomic E-state index is -3.94. The molecule has 1 aromatic carbocycles. The molecule has 0 spiro atoms. The van der Waals surface area contributed by atoms with Crippen LogP contribution in [0.2, 0.25) is 0 Å². The molecule has 110 valence electrons. The summed E-state index contributed by atoms with van der Waals surface area (Å²) in [6, 6.07) is 3.72. The second kappa shape index (κ2) is 5.98. The van der Waals surface area contributed by atoms with Gasteiger partial charge in [-0.15, -0.1) is 0 Å². The first-order chi connectivity index (χ1) is 9.42. The van der Waals surface area contributed by atoms with Crippen molar-refractivity contribution in [3.8, 4) is 0 Å². The SMILES string of the molecule is Nc1cccc(S(=O)(=O)NC2CCCSC2)c1[N+](=O)[O-]. The minimum absolute atomic E-state index is 0.157. The predicted molar refractivity (Wildman–Crippen MR) is 78.2 cm³/mol. The molecule has 20 heavy (non-hydrogen) atoms. The first-order valence-corrected chi connectivity index (χ1v) is 8.68. The highest BCUT2D eigenvalue weighted by molar-refractivity contribution is 7.99. The average Bonchev–Trinajstić information content (AvgIpc) is 2.38. The largest absolute Gasteiger partial charge is 0.393 e. The number of para-hydroxylation sites is 1. The van der Waals surface area contributed by atoms with Gasteiger partial charge in [0, 0.05) is 11.8 Å². The molecular formula is C11H15N3O4S2. The lowest BCUT2D eigenvalue weighted by molar-refractivity contribution is -0.386. The number of nitrogen functional groups attached to an aromatic ring is 1. The summed E-state index contributed by atoms with van der Waals surface area (Å²) in [4.78, 5) is 9.87. The van der Waals surface area contributed by atoms with E-state index in [4.69, 9.17) is 5.73 Å². The quantitative estimate of drug-likeness (QED) is 0.492. The first-order valence-electron chi connectivity index (χ1n) is 6.05. The first kappa shape index (κ1) is 15.1. The lowest BCUT2D eigenvalue weighted by Gasteiger charge is -2.22. The van der Waals surface area contributed by atoms with E-state index in [1.54, 1.807) is 11.8 Å². The number of nitro benzene ring substituents is 1. The van der Waals surface area contributed by atoms with Crippen molar-refractivity contribution in [3.05, 3.63) is 28.3 Å². The number of nitrogens with zero attached hydrogens (tertiary/aromatic N) is 1. The van der Waals surface area contributed by atoms with Crippen molar-refractivity contribution in [2.24, 2.45) is 0 Å². The van der Waals surface area contributed by atoms with Crippen molar-refractivity contribution in [3.63, 3.8) is 0 Å². The molecule has 1 atom stereocenters. The fourth-order valence-corrected chi connectivity index (χ4v) is 4.72. The molecule has 1 fully saturated rings. The molecule has 1 unspecified atom stereocenters. The Morgan fingerprint density at radius 1 is 1.45 bits per heavy atom. The maximum absolute atomic E-state index is 12.3. The Labute approximate surface area is 121 Å². The monoisotopic (exact) mass is 317 g/mol. The highest BCUT2D eigenvalue weighted by Gasteiger charge is 2.30. The molecule has 0 amide bonds. The lowest BCUT2D eigenvalue weighted by atomic mass is 10.2. The van der Waals surface area contributed by atoms with E-state index in [1.807, 2.05) is 0 Å². The van der Waals surface area contributed by atoms with Crippen LogP contribution in [-0.2, 0) is 10.0 Å². The predicted octanol–water partition coefficient (Wildman–Crippen LogP) is 1.35. The van der Waals surface area contributed by atoms with Crippen molar-refractivity contribution < 1.29 is 13.3 Å². The second-order valence-electron chi connectivity index (χ2n) is 4.49. The number of nitrogens with two attached hydrogens (primary N) is 1. The smallest absolute Gasteiger partial charge is 0.312 e. The maximum atomic E-state index is 12.3. The van der Waals surface area contributed by atoms with Crippen molar-refractivity contribution in [2.75, 3.05) is 17.2 Å². The molecule has 0 radical (unpaired) electrons. The fraction of sp³-hybridized carbons (Fsp3) is 0.455. The van der Waals surface area contributed by atoms with Gasteiger partial charge in [0.1, 0.15) is 5.69 Å². The summed E-state index contributed by atoms with van der Waals surface area (Å²) in [5.74, 6) is 1.69. The Balaban J connectivity index is 2.34. The molecule has 1 aliphatic rings. The van der Waals surface area contributed by atoms with Crippen LogP contribution in [0.3, 0.4) is 0 Å². The Bertz CT molecular complexity index is 612. The van der Waals surface area contributed by atoms with E-state index < -0.39 is 20.6 Å². The van der Waals surface area contributed by atoms with Gasteiger partial charge < -0.3 is 5.73 Å². The summed E-state index contributed by atoms with van der Waals surface area (Å²) in [6.45, 7) is 0. The van der Waals surface area contributed by atoms with Crippen LogP contribution in [0.4, 0.5) is 11.4 Å².